The van der Waals surface area contributed by atoms with Gasteiger partial charge in [-0.15, -0.1) is 0 Å². The maximum atomic E-state index is 11.9. The number of halogens is 1. The summed E-state index contributed by atoms with van der Waals surface area (Å²) in [5.74, 6) is 1.42. The summed E-state index contributed by atoms with van der Waals surface area (Å²) in [4.78, 5) is 11.9. The zero-order valence-corrected chi connectivity index (χ0v) is 10.8. The molecule has 1 atom stereocenters. The molecule has 0 aliphatic heterocycles. The van der Waals surface area contributed by atoms with Gasteiger partial charge >= 0.3 is 0 Å². The van der Waals surface area contributed by atoms with Crippen LogP contribution in [0.1, 0.15) is 22.3 Å². The second-order valence-corrected chi connectivity index (χ2v) is 4.84. The summed E-state index contributed by atoms with van der Waals surface area (Å²) in [5.41, 5.74) is 1.78. The van der Waals surface area contributed by atoms with Gasteiger partial charge in [-0.05, 0) is 30.5 Å². The van der Waals surface area contributed by atoms with Crippen LogP contribution in [0.3, 0.4) is 0 Å². The molecule has 1 aromatic carbocycles. The monoisotopic (exact) mass is 284 g/mol. The minimum absolute atomic E-state index is 0.0712. The molecule has 1 aliphatic rings. The Labute approximate surface area is 103 Å². The highest BCUT2D eigenvalue weighted by Crippen LogP contribution is 2.35. The number of methoxy groups -OCH3 is 2. The summed E-state index contributed by atoms with van der Waals surface area (Å²) in [7, 11) is 3.17. The van der Waals surface area contributed by atoms with Crippen molar-refractivity contribution >= 4 is 21.7 Å². The van der Waals surface area contributed by atoms with Gasteiger partial charge in [-0.25, -0.2) is 0 Å². The van der Waals surface area contributed by atoms with Crippen molar-refractivity contribution in [2.75, 3.05) is 14.2 Å². The van der Waals surface area contributed by atoms with Crippen LogP contribution in [0.5, 0.6) is 11.5 Å². The number of carbonyl (C=O) groups is 1. The summed E-state index contributed by atoms with van der Waals surface area (Å²) in [6.07, 6.45) is 1.72. The van der Waals surface area contributed by atoms with E-state index in [9.17, 15) is 4.79 Å². The Morgan fingerprint density at radius 1 is 1.25 bits per heavy atom. The highest BCUT2D eigenvalue weighted by atomic mass is 79.9. The smallest absolute Gasteiger partial charge is 0.176 e. The number of ether oxygens (including phenoxy) is 2. The van der Waals surface area contributed by atoms with Crippen LogP contribution < -0.4 is 9.47 Å². The number of alkyl halides is 1. The van der Waals surface area contributed by atoms with E-state index < -0.39 is 0 Å². The lowest BCUT2D eigenvalue weighted by molar-refractivity contribution is 0.0981. The zero-order valence-electron chi connectivity index (χ0n) is 9.25. The standard InChI is InChI=1S/C12H13BrO3/c1-15-10-5-7-3-4-9(13)12(14)8(7)6-11(10)16-2/h5-6,9H,3-4H2,1-2H3. The van der Waals surface area contributed by atoms with E-state index in [0.717, 1.165) is 24.0 Å². The van der Waals surface area contributed by atoms with Gasteiger partial charge in [0.2, 0.25) is 0 Å². The van der Waals surface area contributed by atoms with Crippen LogP contribution in [0.2, 0.25) is 0 Å². The van der Waals surface area contributed by atoms with Gasteiger partial charge in [-0.3, -0.25) is 4.79 Å². The van der Waals surface area contributed by atoms with Crippen LogP contribution in [-0.2, 0) is 6.42 Å². The van der Waals surface area contributed by atoms with Crippen LogP contribution in [0.15, 0.2) is 12.1 Å². The number of fused-ring (bicyclic) bond motifs is 1. The summed E-state index contributed by atoms with van der Waals surface area (Å²) in [5, 5.41) is 0. The second kappa shape index (κ2) is 4.45. The fourth-order valence-corrected chi connectivity index (χ4v) is 2.41. The summed E-state index contributed by atoms with van der Waals surface area (Å²) >= 11 is 3.38. The average Bonchev–Trinajstić information content (AvgIpc) is 2.32. The predicted molar refractivity (Wildman–Crippen MR) is 64.9 cm³/mol. The summed E-state index contributed by atoms with van der Waals surface area (Å²) in [6.45, 7) is 0. The topological polar surface area (TPSA) is 35.5 Å². The third-order valence-electron chi connectivity index (χ3n) is 2.83. The molecule has 2 rings (SSSR count). The molecule has 1 aromatic rings. The molecule has 4 heteroatoms. The Bertz CT molecular complexity index is 429. The molecule has 16 heavy (non-hydrogen) atoms. The van der Waals surface area contributed by atoms with Crippen molar-refractivity contribution < 1.29 is 14.3 Å². The predicted octanol–water partition coefficient (Wildman–Crippen LogP) is 2.60. The molecule has 0 N–H and O–H groups in total. The van der Waals surface area contributed by atoms with E-state index in [1.807, 2.05) is 6.07 Å². The van der Waals surface area contributed by atoms with Gasteiger partial charge in [-0.2, -0.15) is 0 Å². The first-order chi connectivity index (χ1) is 7.67. The maximum Gasteiger partial charge on any atom is 0.176 e. The van der Waals surface area contributed by atoms with Crippen molar-refractivity contribution in [3.05, 3.63) is 23.3 Å². The minimum Gasteiger partial charge on any atom is -0.493 e. The Hall–Kier alpha value is -1.03. The number of hydrogen-bond acceptors (Lipinski definition) is 3. The molecule has 0 radical (unpaired) electrons. The lowest BCUT2D eigenvalue weighted by Gasteiger charge is -2.20. The Balaban J connectivity index is 2.52. The van der Waals surface area contributed by atoms with Gasteiger partial charge in [0.1, 0.15) is 0 Å². The summed E-state index contributed by atoms with van der Waals surface area (Å²) < 4.78 is 10.4. The van der Waals surface area contributed by atoms with Gasteiger partial charge in [0.25, 0.3) is 0 Å². The fraction of sp³-hybridized carbons (Fsp3) is 0.417. The highest BCUT2D eigenvalue weighted by Gasteiger charge is 2.26. The number of aryl methyl sites for hydroxylation is 1. The van der Waals surface area contributed by atoms with Crippen molar-refractivity contribution in [3.8, 4) is 11.5 Å². The van der Waals surface area contributed by atoms with E-state index in [-0.39, 0.29) is 10.6 Å². The Morgan fingerprint density at radius 2 is 1.88 bits per heavy atom. The molecule has 0 saturated heterocycles. The second-order valence-electron chi connectivity index (χ2n) is 3.73. The fourth-order valence-electron chi connectivity index (χ4n) is 1.94. The number of hydrogen-bond donors (Lipinski definition) is 0. The molecule has 0 amide bonds. The molecule has 0 spiro atoms. The summed E-state index contributed by atoms with van der Waals surface area (Å²) in [6, 6.07) is 3.66. The van der Waals surface area contributed by atoms with Crippen molar-refractivity contribution in [1.82, 2.24) is 0 Å². The quantitative estimate of drug-likeness (QED) is 0.783. The number of ketones is 1. The Kier molecular flexibility index (Phi) is 3.19. The molecule has 0 fully saturated rings. The molecule has 0 saturated carbocycles. The first-order valence-electron chi connectivity index (χ1n) is 5.10. The normalized spacial score (nSPS) is 19.2. The molecule has 0 heterocycles. The van der Waals surface area contributed by atoms with E-state index in [1.54, 1.807) is 20.3 Å². The minimum atomic E-state index is -0.0712. The largest absolute Gasteiger partial charge is 0.493 e. The first kappa shape index (κ1) is 11.5. The molecule has 0 bridgehead atoms. The molecule has 3 nitrogen and oxygen atoms in total. The van der Waals surface area contributed by atoms with E-state index in [0.29, 0.717) is 11.5 Å². The number of carbonyl (C=O) groups excluding carboxylic acids is 1. The number of Topliss-reactive ketones (excluding diaryl/α,β-unsaturated/α-hetero) is 1. The van der Waals surface area contributed by atoms with E-state index in [4.69, 9.17) is 9.47 Å². The van der Waals surface area contributed by atoms with Gasteiger partial charge in [0, 0.05) is 5.56 Å². The molecular weight excluding hydrogens is 272 g/mol. The zero-order chi connectivity index (χ0) is 11.7. The van der Waals surface area contributed by atoms with Crippen molar-refractivity contribution in [3.63, 3.8) is 0 Å². The van der Waals surface area contributed by atoms with Gasteiger partial charge in [0.15, 0.2) is 17.3 Å². The molecule has 1 aliphatic carbocycles. The van der Waals surface area contributed by atoms with E-state index in [1.165, 1.54) is 0 Å². The van der Waals surface area contributed by atoms with E-state index in [2.05, 4.69) is 15.9 Å². The average molecular weight is 285 g/mol. The van der Waals surface area contributed by atoms with Crippen molar-refractivity contribution in [2.24, 2.45) is 0 Å². The van der Waals surface area contributed by atoms with E-state index >= 15 is 0 Å². The first-order valence-corrected chi connectivity index (χ1v) is 6.02. The van der Waals surface area contributed by atoms with Crippen LogP contribution >= 0.6 is 15.9 Å². The van der Waals surface area contributed by atoms with Crippen LogP contribution in [-0.4, -0.2) is 24.8 Å². The SMILES string of the molecule is COc1cc2c(cc1OC)C(=O)C(Br)CC2. The van der Waals surface area contributed by atoms with Crippen molar-refractivity contribution in [2.45, 2.75) is 17.7 Å². The number of benzene rings is 1. The molecular formula is C12H13BrO3. The lowest BCUT2D eigenvalue weighted by atomic mass is 9.90. The maximum absolute atomic E-state index is 11.9. The molecule has 86 valence electrons. The third-order valence-corrected chi connectivity index (χ3v) is 3.70. The lowest BCUT2D eigenvalue weighted by Crippen LogP contribution is -2.22. The van der Waals surface area contributed by atoms with Gasteiger partial charge in [-0.1, -0.05) is 15.9 Å². The third kappa shape index (κ3) is 1.82. The highest BCUT2D eigenvalue weighted by molar-refractivity contribution is 9.10. The number of rotatable bonds is 2. The van der Waals surface area contributed by atoms with Crippen LogP contribution in [0.4, 0.5) is 0 Å². The van der Waals surface area contributed by atoms with Crippen LogP contribution in [0, 0.1) is 0 Å². The molecule has 0 aromatic heterocycles. The van der Waals surface area contributed by atoms with Crippen molar-refractivity contribution in [1.29, 1.82) is 0 Å². The molecule has 1 unspecified atom stereocenters. The van der Waals surface area contributed by atoms with Gasteiger partial charge < -0.3 is 9.47 Å². The Morgan fingerprint density at radius 3 is 2.50 bits per heavy atom. The van der Waals surface area contributed by atoms with Crippen LogP contribution in [0.25, 0.3) is 0 Å². The van der Waals surface area contributed by atoms with Gasteiger partial charge in [0.05, 0.1) is 19.0 Å².